The number of benzene rings is 1. The standard InChI is InChI=1S/C18H23N3O2/c1-2-21-10-6-9-14(21)12-20-16-15(17(22)18(16)23)19-11-13-7-4-3-5-8-13/h3-5,7-8,14,19-20H,2,6,9-12H2,1H3/t14-/m1/s1. The third-order valence-corrected chi connectivity index (χ3v) is 4.64. The highest BCUT2D eigenvalue weighted by Gasteiger charge is 2.25. The number of nitrogens with one attached hydrogen (secondary N) is 2. The molecule has 0 aliphatic carbocycles. The molecule has 0 aromatic heterocycles. The van der Waals surface area contributed by atoms with Gasteiger partial charge in [0.25, 0.3) is 10.9 Å². The Balaban J connectivity index is 1.61. The third-order valence-electron chi connectivity index (χ3n) is 4.64. The molecule has 0 saturated carbocycles. The van der Waals surface area contributed by atoms with Gasteiger partial charge < -0.3 is 10.6 Å². The van der Waals surface area contributed by atoms with Crippen LogP contribution in [-0.4, -0.2) is 30.6 Å². The van der Waals surface area contributed by atoms with E-state index in [4.69, 9.17) is 0 Å². The molecule has 1 atom stereocenters. The van der Waals surface area contributed by atoms with Crippen LogP contribution in [0.4, 0.5) is 11.4 Å². The van der Waals surface area contributed by atoms with Gasteiger partial charge in [-0.15, -0.1) is 0 Å². The van der Waals surface area contributed by atoms with Crippen LogP contribution in [0.2, 0.25) is 0 Å². The zero-order valence-corrected chi connectivity index (χ0v) is 13.5. The van der Waals surface area contributed by atoms with Crippen molar-refractivity contribution in [1.29, 1.82) is 0 Å². The first-order chi connectivity index (χ1) is 11.2. The molecule has 0 radical (unpaired) electrons. The number of hydrogen-bond donors (Lipinski definition) is 2. The van der Waals surface area contributed by atoms with Crippen LogP contribution in [0.1, 0.15) is 25.3 Å². The topological polar surface area (TPSA) is 61.4 Å². The van der Waals surface area contributed by atoms with Crippen LogP contribution < -0.4 is 21.5 Å². The fourth-order valence-electron chi connectivity index (χ4n) is 3.28. The molecule has 0 spiro atoms. The maximum Gasteiger partial charge on any atom is 0.253 e. The molecule has 2 aromatic carbocycles. The van der Waals surface area contributed by atoms with Crippen LogP contribution in [0, 0.1) is 0 Å². The maximum atomic E-state index is 11.8. The van der Waals surface area contributed by atoms with E-state index in [1.54, 1.807) is 0 Å². The van der Waals surface area contributed by atoms with E-state index < -0.39 is 10.9 Å². The molecule has 3 rings (SSSR count). The van der Waals surface area contributed by atoms with E-state index in [-0.39, 0.29) is 0 Å². The van der Waals surface area contributed by atoms with Crippen molar-refractivity contribution in [1.82, 2.24) is 4.90 Å². The Labute approximate surface area is 136 Å². The predicted molar refractivity (Wildman–Crippen MR) is 93.9 cm³/mol. The quantitative estimate of drug-likeness (QED) is 0.763. The molecule has 1 aliphatic heterocycles. The molecule has 1 heterocycles. The summed E-state index contributed by atoms with van der Waals surface area (Å²) in [4.78, 5) is 26.0. The summed E-state index contributed by atoms with van der Waals surface area (Å²) in [7, 11) is 0. The van der Waals surface area contributed by atoms with Gasteiger partial charge in [-0.05, 0) is 31.5 Å². The van der Waals surface area contributed by atoms with Crippen molar-refractivity contribution < 1.29 is 0 Å². The lowest BCUT2D eigenvalue weighted by Gasteiger charge is -2.24. The van der Waals surface area contributed by atoms with Gasteiger partial charge in [-0.1, -0.05) is 37.3 Å². The van der Waals surface area contributed by atoms with Crippen molar-refractivity contribution in [3.05, 3.63) is 56.3 Å². The van der Waals surface area contributed by atoms with E-state index in [9.17, 15) is 9.59 Å². The van der Waals surface area contributed by atoms with E-state index in [0.29, 0.717) is 24.0 Å². The number of likely N-dealkylation sites (tertiary alicyclic amines) is 1. The van der Waals surface area contributed by atoms with Crippen LogP contribution in [0.5, 0.6) is 0 Å². The first kappa shape index (κ1) is 15.7. The SMILES string of the molecule is CCN1CCC[C@@H]1CNc1c(NCc2ccccc2)c(=O)c1=O. The van der Waals surface area contributed by atoms with Crippen molar-refractivity contribution in [3.63, 3.8) is 0 Å². The van der Waals surface area contributed by atoms with Gasteiger partial charge >= 0.3 is 0 Å². The average Bonchev–Trinajstić information content (AvgIpc) is 3.05. The fourth-order valence-corrected chi connectivity index (χ4v) is 3.28. The summed E-state index contributed by atoms with van der Waals surface area (Å²) in [6.07, 6.45) is 2.34. The van der Waals surface area contributed by atoms with Gasteiger partial charge in [0.1, 0.15) is 11.4 Å². The molecule has 1 fully saturated rings. The average molecular weight is 313 g/mol. The van der Waals surface area contributed by atoms with Crippen molar-refractivity contribution in [2.75, 3.05) is 30.3 Å². The zero-order chi connectivity index (χ0) is 16.2. The Bertz CT molecular complexity index is 720. The molecule has 5 nitrogen and oxygen atoms in total. The van der Waals surface area contributed by atoms with Gasteiger partial charge in [-0.2, -0.15) is 0 Å². The van der Waals surface area contributed by atoms with Gasteiger partial charge in [0, 0.05) is 19.1 Å². The monoisotopic (exact) mass is 313 g/mol. The zero-order valence-electron chi connectivity index (χ0n) is 13.5. The van der Waals surface area contributed by atoms with Gasteiger partial charge in [0.2, 0.25) is 0 Å². The molecule has 0 unspecified atom stereocenters. The van der Waals surface area contributed by atoms with Crippen LogP contribution >= 0.6 is 0 Å². The summed E-state index contributed by atoms with van der Waals surface area (Å²) in [5, 5.41) is 6.30. The number of nitrogens with zero attached hydrogens (tertiary/aromatic N) is 1. The third kappa shape index (κ3) is 3.29. The highest BCUT2D eigenvalue weighted by molar-refractivity contribution is 5.74. The summed E-state index contributed by atoms with van der Waals surface area (Å²) in [5.41, 5.74) is 1.15. The second kappa shape index (κ2) is 6.96. The number of anilines is 2. The van der Waals surface area contributed by atoms with Gasteiger partial charge in [0.15, 0.2) is 0 Å². The van der Waals surface area contributed by atoms with Crippen LogP contribution in [0.15, 0.2) is 39.9 Å². The summed E-state index contributed by atoms with van der Waals surface area (Å²) in [6.45, 7) is 5.57. The smallest absolute Gasteiger partial charge is 0.253 e. The van der Waals surface area contributed by atoms with Crippen LogP contribution in [-0.2, 0) is 6.54 Å². The first-order valence-corrected chi connectivity index (χ1v) is 8.29. The minimum Gasteiger partial charge on any atom is -0.378 e. The molecule has 2 N–H and O–H groups in total. The lowest BCUT2D eigenvalue weighted by atomic mass is 10.1. The predicted octanol–water partition coefficient (Wildman–Crippen LogP) is 1.79. The van der Waals surface area contributed by atoms with Gasteiger partial charge in [-0.25, -0.2) is 0 Å². The Kier molecular flexibility index (Phi) is 4.76. The molecule has 23 heavy (non-hydrogen) atoms. The summed E-state index contributed by atoms with van der Waals surface area (Å²) in [5.74, 6) is 0. The van der Waals surface area contributed by atoms with Crippen molar-refractivity contribution in [3.8, 4) is 0 Å². The molecule has 5 heteroatoms. The number of likely N-dealkylation sites (N-methyl/N-ethyl adjacent to an activating group) is 1. The highest BCUT2D eigenvalue weighted by atomic mass is 16.2. The highest BCUT2D eigenvalue weighted by Crippen LogP contribution is 2.20. The Morgan fingerprint density at radius 2 is 1.78 bits per heavy atom. The second-order valence-electron chi connectivity index (χ2n) is 6.05. The van der Waals surface area contributed by atoms with Crippen LogP contribution in [0.25, 0.3) is 0 Å². The van der Waals surface area contributed by atoms with E-state index in [2.05, 4.69) is 22.5 Å². The van der Waals surface area contributed by atoms with E-state index in [0.717, 1.165) is 31.6 Å². The fraction of sp³-hybridized carbons (Fsp3) is 0.444. The molecular formula is C18H23N3O2. The maximum absolute atomic E-state index is 11.8. The molecule has 2 aromatic rings. The largest absolute Gasteiger partial charge is 0.378 e. The van der Waals surface area contributed by atoms with E-state index in [1.165, 1.54) is 6.42 Å². The number of hydrogen-bond acceptors (Lipinski definition) is 5. The minimum absolute atomic E-state index is 0.401. The second-order valence-corrected chi connectivity index (χ2v) is 6.05. The molecular weight excluding hydrogens is 290 g/mol. The van der Waals surface area contributed by atoms with Crippen molar-refractivity contribution in [2.24, 2.45) is 0 Å². The minimum atomic E-state index is -0.415. The Hall–Kier alpha value is -2.14. The van der Waals surface area contributed by atoms with Crippen LogP contribution in [0.3, 0.4) is 0 Å². The van der Waals surface area contributed by atoms with Crippen molar-refractivity contribution >= 4 is 11.4 Å². The molecule has 1 saturated heterocycles. The summed E-state index contributed by atoms with van der Waals surface area (Å²) < 4.78 is 0. The summed E-state index contributed by atoms with van der Waals surface area (Å²) >= 11 is 0. The van der Waals surface area contributed by atoms with E-state index in [1.807, 2.05) is 30.3 Å². The first-order valence-electron chi connectivity index (χ1n) is 8.29. The Morgan fingerprint density at radius 1 is 1.09 bits per heavy atom. The molecule has 1 aliphatic rings. The molecule has 0 bridgehead atoms. The number of rotatable bonds is 7. The lowest BCUT2D eigenvalue weighted by Crippen LogP contribution is -2.41. The van der Waals surface area contributed by atoms with E-state index >= 15 is 0 Å². The lowest BCUT2D eigenvalue weighted by molar-refractivity contribution is 0.277. The van der Waals surface area contributed by atoms with Crippen molar-refractivity contribution in [2.45, 2.75) is 32.4 Å². The van der Waals surface area contributed by atoms with Gasteiger partial charge in [0.05, 0.1) is 0 Å². The Morgan fingerprint density at radius 3 is 2.48 bits per heavy atom. The summed E-state index contributed by atoms with van der Waals surface area (Å²) in [6, 6.07) is 10.3. The molecule has 122 valence electrons. The normalized spacial score (nSPS) is 18.4. The van der Waals surface area contributed by atoms with Gasteiger partial charge in [-0.3, -0.25) is 14.5 Å². The molecule has 0 amide bonds.